The third kappa shape index (κ3) is 8.26. The summed E-state index contributed by atoms with van der Waals surface area (Å²) in [4.78, 5) is 46.3. The molecule has 1 amide bonds. The maximum Gasteiger partial charge on any atom is 0.497 e. The Morgan fingerprint density at radius 2 is 1.71 bits per heavy atom. The Hall–Kier alpha value is -3.69. The zero-order valence-electron chi connectivity index (χ0n) is 32.0. The first-order valence-electron chi connectivity index (χ1n) is 17.9. The number of carbonyl (C=O) groups is 2. The number of para-hydroxylation sites is 1. The molecule has 52 heavy (non-hydrogen) atoms. The molecule has 2 aliphatic rings. The molecule has 1 saturated heterocycles. The van der Waals surface area contributed by atoms with Crippen LogP contribution in [-0.4, -0.2) is 78.7 Å². The predicted octanol–water partition coefficient (Wildman–Crippen LogP) is 6.86. The number of thiazole rings is 1. The first kappa shape index (κ1) is 38.0. The highest BCUT2D eigenvalue weighted by molar-refractivity contribution is 7.22. The minimum absolute atomic E-state index is 0.0688. The van der Waals surface area contributed by atoms with Gasteiger partial charge in [0.25, 0.3) is 5.91 Å². The zero-order valence-corrected chi connectivity index (χ0v) is 33.8. The van der Waals surface area contributed by atoms with Gasteiger partial charge in [-0.3, -0.25) is 14.7 Å². The maximum absolute atomic E-state index is 14.5. The highest BCUT2D eigenvalue weighted by Gasteiger charge is 2.53. The number of hydrogen-bond acceptors (Lipinski definition) is 11. The molecular weight excluding hydrogens is 693 g/mol. The lowest BCUT2D eigenvalue weighted by Gasteiger charge is -2.32. The van der Waals surface area contributed by atoms with Crippen LogP contribution in [0.3, 0.4) is 0 Å². The van der Waals surface area contributed by atoms with E-state index < -0.39 is 38.0 Å². The van der Waals surface area contributed by atoms with Gasteiger partial charge in [-0.25, -0.2) is 14.8 Å². The van der Waals surface area contributed by atoms with Crippen molar-refractivity contribution in [2.75, 3.05) is 29.7 Å². The van der Waals surface area contributed by atoms with Crippen LogP contribution in [0.5, 0.6) is 0 Å². The summed E-state index contributed by atoms with van der Waals surface area (Å²) < 4.78 is 25.6. The molecule has 277 valence electrons. The number of ether oxygens (including phenoxy) is 2. The average Bonchev–Trinajstić information content (AvgIpc) is 3.58. The summed E-state index contributed by atoms with van der Waals surface area (Å²) in [6, 6.07) is 14.5. The van der Waals surface area contributed by atoms with Crippen LogP contribution in [0, 0.1) is 0 Å². The molecule has 4 aromatic rings. The summed E-state index contributed by atoms with van der Waals surface area (Å²) in [7, 11) is -2.14. The number of carbonyl (C=O) groups excluding carboxylic acids is 2. The molecule has 6 rings (SSSR count). The van der Waals surface area contributed by atoms with E-state index in [0.717, 1.165) is 27.4 Å². The van der Waals surface area contributed by atoms with Crippen LogP contribution in [0.4, 0.5) is 10.9 Å². The van der Waals surface area contributed by atoms with Gasteiger partial charge in [0.15, 0.2) is 10.8 Å². The fourth-order valence-corrected chi connectivity index (χ4v) is 7.68. The molecule has 5 heterocycles. The smallest absolute Gasteiger partial charge is 0.455 e. The summed E-state index contributed by atoms with van der Waals surface area (Å²) in [5.74, 6) is -0.259. The first-order chi connectivity index (χ1) is 24.3. The maximum atomic E-state index is 14.5. The van der Waals surface area contributed by atoms with Gasteiger partial charge in [0.2, 0.25) is 0 Å². The Kier molecular flexibility index (Phi) is 10.4. The van der Waals surface area contributed by atoms with E-state index in [1.165, 1.54) is 11.3 Å². The van der Waals surface area contributed by atoms with Crippen LogP contribution in [-0.2, 0) is 31.7 Å². The molecule has 0 atom stereocenters. The second-order valence-electron chi connectivity index (χ2n) is 16.7. The Bertz CT molecular complexity index is 1920. The number of amides is 1. The number of aromatic nitrogens is 3. The Labute approximate surface area is 312 Å². The molecular formula is C38H50BN5O6SSi-. The monoisotopic (exact) mass is 743 g/mol. The van der Waals surface area contributed by atoms with Crippen molar-refractivity contribution in [1.82, 2.24) is 15.0 Å². The zero-order chi connectivity index (χ0) is 37.6. The van der Waals surface area contributed by atoms with Gasteiger partial charge in [0, 0.05) is 36.9 Å². The molecule has 0 spiro atoms. The topological polar surface area (TPSA) is 116 Å². The second kappa shape index (κ2) is 14.3. The van der Waals surface area contributed by atoms with Crippen molar-refractivity contribution in [2.24, 2.45) is 0 Å². The Morgan fingerprint density at radius 1 is 1.00 bits per heavy atom. The number of esters is 1. The van der Waals surface area contributed by atoms with Gasteiger partial charge in [0.1, 0.15) is 23.8 Å². The van der Waals surface area contributed by atoms with E-state index in [-0.39, 0.29) is 18.3 Å². The van der Waals surface area contributed by atoms with Crippen molar-refractivity contribution >= 4 is 65.0 Å². The minimum Gasteiger partial charge on any atom is -0.455 e. The largest absolute Gasteiger partial charge is 0.497 e. The number of hydrogen-bond donors (Lipinski definition) is 0. The van der Waals surface area contributed by atoms with Gasteiger partial charge in [-0.15, -0.1) is 14.1 Å². The minimum atomic E-state index is -1.34. The van der Waals surface area contributed by atoms with Crippen molar-refractivity contribution in [3.05, 3.63) is 71.2 Å². The standard InChI is InChI=1S/C38H50BN5O6SSi/c1-36(2,3)48-34(46)32-27(39-49-37(4,5)38(6,7)50-39)15-16-30(42-32)43-20-18-25-17-19-40-31(26(25)23-43)33(45)44(24-47-21-22-52(8,9)10)35-41-28-13-11-12-14-29(28)51-35/h11-17,19H,18,20-24H2,1-10H3/q-1. The van der Waals surface area contributed by atoms with Crippen LogP contribution in [0.1, 0.15) is 80.6 Å². The van der Waals surface area contributed by atoms with Crippen LogP contribution in [0.25, 0.3) is 10.2 Å². The van der Waals surface area contributed by atoms with Crippen molar-refractivity contribution in [2.45, 2.75) is 104 Å². The van der Waals surface area contributed by atoms with Gasteiger partial charge in [0.05, 0.1) is 21.4 Å². The van der Waals surface area contributed by atoms with Crippen LogP contribution < -0.4 is 15.3 Å². The third-order valence-corrected chi connectivity index (χ3v) is 12.4. The van der Waals surface area contributed by atoms with Gasteiger partial charge in [-0.1, -0.05) is 29.5 Å². The van der Waals surface area contributed by atoms with Crippen molar-refractivity contribution in [1.29, 1.82) is 0 Å². The molecule has 2 aliphatic heterocycles. The fraction of sp³-hybridized carbons (Fsp3) is 0.500. The molecule has 1 fully saturated rings. The number of rotatable bonds is 10. The van der Waals surface area contributed by atoms with Gasteiger partial charge in [-0.2, -0.15) is 19.6 Å². The van der Waals surface area contributed by atoms with Crippen molar-refractivity contribution in [3.8, 4) is 0 Å². The molecule has 3 aromatic heterocycles. The molecule has 0 N–H and O–H groups in total. The first-order valence-corrected chi connectivity index (χ1v) is 22.4. The summed E-state index contributed by atoms with van der Waals surface area (Å²) in [5.41, 5.74) is 1.72. The summed E-state index contributed by atoms with van der Waals surface area (Å²) >= 11 is 1.46. The third-order valence-electron chi connectivity index (χ3n) is 9.67. The van der Waals surface area contributed by atoms with Crippen molar-refractivity contribution in [3.63, 3.8) is 0 Å². The number of pyridine rings is 2. The van der Waals surface area contributed by atoms with Gasteiger partial charge in [-0.05, 0) is 84.7 Å². The van der Waals surface area contributed by atoms with Gasteiger partial charge >= 0.3 is 13.1 Å². The average molecular weight is 744 g/mol. The van der Waals surface area contributed by atoms with Crippen molar-refractivity contribution < 1.29 is 28.4 Å². The Balaban J connectivity index is 1.32. The molecule has 0 unspecified atom stereocenters. The molecule has 11 nitrogen and oxygen atoms in total. The quantitative estimate of drug-likeness (QED) is 0.0739. The highest BCUT2D eigenvalue weighted by atomic mass is 32.1. The van der Waals surface area contributed by atoms with Crippen LogP contribution >= 0.6 is 11.3 Å². The number of nitrogens with zero attached hydrogens (tertiary/aromatic N) is 5. The molecule has 0 aliphatic carbocycles. The Morgan fingerprint density at radius 3 is 2.38 bits per heavy atom. The molecule has 14 heteroatoms. The molecule has 0 radical (unpaired) electrons. The lowest BCUT2D eigenvalue weighted by atomic mass is 9.77. The van der Waals surface area contributed by atoms with E-state index >= 15 is 0 Å². The molecule has 0 bridgehead atoms. The normalized spacial score (nSPS) is 17.0. The van der Waals surface area contributed by atoms with E-state index in [2.05, 4.69) is 29.5 Å². The van der Waals surface area contributed by atoms with Crippen LogP contribution in [0.15, 0.2) is 48.7 Å². The van der Waals surface area contributed by atoms with E-state index in [1.54, 1.807) is 11.1 Å². The number of benzene rings is 1. The highest BCUT2D eigenvalue weighted by Crippen LogP contribution is 2.37. The van der Waals surface area contributed by atoms with Gasteiger partial charge < -0.3 is 23.7 Å². The van der Waals surface area contributed by atoms with Crippen LogP contribution in [0.2, 0.25) is 25.7 Å². The lowest BCUT2D eigenvalue weighted by Crippen LogP contribution is -2.41. The summed E-state index contributed by atoms with van der Waals surface area (Å²) in [6.45, 7) is 21.9. The number of fused-ring (bicyclic) bond motifs is 2. The fourth-order valence-electron chi connectivity index (χ4n) is 5.97. The molecule has 0 saturated carbocycles. The SMILES string of the molecule is CC(C)(C)OC(=O)c1nc(N2CCc3ccnc(C(=O)N(COCC[Si-](C)(C)C)c4nc5ccccc5s4)c3C2)ccc1B1OC(C)(C)C(C)(C)O1. The van der Waals surface area contributed by atoms with E-state index in [9.17, 15) is 9.59 Å². The van der Waals surface area contributed by atoms with E-state index in [1.807, 2.05) is 90.9 Å². The summed E-state index contributed by atoms with van der Waals surface area (Å²) in [6.07, 6.45) is 2.36. The predicted molar refractivity (Wildman–Crippen MR) is 210 cm³/mol. The van der Waals surface area contributed by atoms with E-state index in [4.69, 9.17) is 28.8 Å². The lowest BCUT2D eigenvalue weighted by molar-refractivity contribution is 0.00578. The second-order valence-corrected chi connectivity index (χ2v) is 23.3. The summed E-state index contributed by atoms with van der Waals surface area (Å²) in [5, 5.41) is 0.563. The molecule has 1 aromatic carbocycles. The van der Waals surface area contributed by atoms with E-state index in [0.29, 0.717) is 48.2 Å². The number of anilines is 2.